The number of hydrogen-bond acceptors (Lipinski definition) is 3. The molecule has 1 unspecified atom stereocenters. The molecule has 90 valence electrons. The van der Waals surface area contributed by atoms with Crippen molar-refractivity contribution < 1.29 is 9.53 Å². The Morgan fingerprint density at radius 2 is 2.18 bits per heavy atom. The van der Waals surface area contributed by atoms with Crippen LogP contribution in [0.15, 0.2) is 29.8 Å². The average molecular weight is 231 g/mol. The van der Waals surface area contributed by atoms with Crippen LogP contribution in [0.4, 0.5) is 0 Å². The summed E-state index contributed by atoms with van der Waals surface area (Å²) in [5, 5.41) is 0. The number of carbonyl (C=O) groups excluding carboxylic acids is 1. The van der Waals surface area contributed by atoms with Crippen molar-refractivity contribution in [1.82, 2.24) is 0 Å². The molecule has 0 radical (unpaired) electrons. The van der Waals surface area contributed by atoms with Gasteiger partial charge in [0.1, 0.15) is 0 Å². The Labute approximate surface area is 101 Å². The maximum atomic E-state index is 11.9. The fraction of sp³-hybridized carbons (Fsp3) is 0.357. The van der Waals surface area contributed by atoms with E-state index in [9.17, 15) is 4.79 Å². The van der Waals surface area contributed by atoms with Crippen molar-refractivity contribution in [3.05, 3.63) is 41.0 Å². The zero-order chi connectivity index (χ0) is 12.4. The van der Waals surface area contributed by atoms with Crippen LogP contribution < -0.4 is 5.73 Å². The third-order valence-corrected chi connectivity index (χ3v) is 3.11. The van der Waals surface area contributed by atoms with E-state index in [2.05, 4.69) is 6.07 Å². The lowest BCUT2D eigenvalue weighted by Crippen LogP contribution is -2.24. The summed E-state index contributed by atoms with van der Waals surface area (Å²) in [5.74, 6) is -0.170. The van der Waals surface area contributed by atoms with Crippen LogP contribution in [0, 0.1) is 5.92 Å². The van der Waals surface area contributed by atoms with Gasteiger partial charge in [0.05, 0.1) is 12.2 Å². The highest BCUT2D eigenvalue weighted by molar-refractivity contribution is 5.98. The zero-order valence-electron chi connectivity index (χ0n) is 10.2. The topological polar surface area (TPSA) is 52.3 Å². The number of benzene rings is 1. The maximum Gasteiger partial charge on any atom is 0.336 e. The SMILES string of the molecule is CCOC(=O)C1=C(N)c2ccccc2CC1C. The summed E-state index contributed by atoms with van der Waals surface area (Å²) in [4.78, 5) is 11.9. The third-order valence-electron chi connectivity index (χ3n) is 3.11. The molecule has 3 heteroatoms. The monoisotopic (exact) mass is 231 g/mol. The molecule has 1 aliphatic rings. The zero-order valence-corrected chi connectivity index (χ0v) is 10.2. The van der Waals surface area contributed by atoms with Crippen LogP contribution in [-0.2, 0) is 16.0 Å². The van der Waals surface area contributed by atoms with Crippen molar-refractivity contribution >= 4 is 11.7 Å². The molecule has 0 aliphatic heterocycles. The van der Waals surface area contributed by atoms with Crippen LogP contribution in [0.3, 0.4) is 0 Å². The van der Waals surface area contributed by atoms with Gasteiger partial charge in [-0.1, -0.05) is 31.2 Å². The Bertz CT molecular complexity index is 477. The van der Waals surface area contributed by atoms with Gasteiger partial charge in [0.15, 0.2) is 0 Å². The summed E-state index contributed by atoms with van der Waals surface area (Å²) in [5.41, 5.74) is 9.44. The molecule has 0 saturated heterocycles. The first-order chi connectivity index (χ1) is 8.15. The molecule has 0 saturated carbocycles. The molecule has 0 spiro atoms. The molecular weight excluding hydrogens is 214 g/mol. The van der Waals surface area contributed by atoms with Crippen molar-refractivity contribution in [1.29, 1.82) is 0 Å². The minimum absolute atomic E-state index is 0.115. The Kier molecular flexibility index (Phi) is 3.18. The van der Waals surface area contributed by atoms with Gasteiger partial charge in [-0.2, -0.15) is 0 Å². The van der Waals surface area contributed by atoms with E-state index in [1.54, 1.807) is 6.92 Å². The molecule has 0 amide bonds. The van der Waals surface area contributed by atoms with Gasteiger partial charge >= 0.3 is 5.97 Å². The Hall–Kier alpha value is -1.77. The van der Waals surface area contributed by atoms with E-state index in [0.717, 1.165) is 12.0 Å². The van der Waals surface area contributed by atoms with Crippen LogP contribution in [0.1, 0.15) is 25.0 Å². The van der Waals surface area contributed by atoms with Crippen LogP contribution >= 0.6 is 0 Å². The van der Waals surface area contributed by atoms with Gasteiger partial charge < -0.3 is 10.5 Å². The molecule has 2 N–H and O–H groups in total. The molecule has 0 fully saturated rings. The van der Waals surface area contributed by atoms with Gasteiger partial charge in [-0.05, 0) is 24.8 Å². The number of carbonyl (C=O) groups is 1. The molecule has 2 rings (SSSR count). The van der Waals surface area contributed by atoms with Crippen LogP contribution in [0.2, 0.25) is 0 Å². The molecule has 1 atom stereocenters. The molecule has 1 aromatic carbocycles. The lowest BCUT2D eigenvalue weighted by molar-refractivity contribution is -0.139. The predicted molar refractivity (Wildman–Crippen MR) is 67.1 cm³/mol. The average Bonchev–Trinajstić information content (AvgIpc) is 2.29. The lowest BCUT2D eigenvalue weighted by Gasteiger charge is -2.25. The summed E-state index contributed by atoms with van der Waals surface area (Å²) >= 11 is 0. The van der Waals surface area contributed by atoms with Gasteiger partial charge in [-0.15, -0.1) is 0 Å². The molecule has 3 nitrogen and oxygen atoms in total. The number of ether oxygens (including phenoxy) is 1. The quantitative estimate of drug-likeness (QED) is 0.793. The first kappa shape index (κ1) is 11.7. The molecule has 0 heterocycles. The summed E-state index contributed by atoms with van der Waals surface area (Å²) in [6.45, 7) is 4.19. The largest absolute Gasteiger partial charge is 0.463 e. The number of nitrogens with two attached hydrogens (primary N) is 1. The fourth-order valence-electron chi connectivity index (χ4n) is 2.32. The number of rotatable bonds is 2. The lowest BCUT2D eigenvalue weighted by atomic mass is 9.82. The highest BCUT2D eigenvalue weighted by atomic mass is 16.5. The van der Waals surface area contributed by atoms with Crippen molar-refractivity contribution in [2.75, 3.05) is 6.61 Å². The van der Waals surface area contributed by atoms with Crippen molar-refractivity contribution in [2.45, 2.75) is 20.3 Å². The van der Waals surface area contributed by atoms with Crippen molar-refractivity contribution in [3.63, 3.8) is 0 Å². The van der Waals surface area contributed by atoms with E-state index in [1.807, 2.05) is 25.1 Å². The van der Waals surface area contributed by atoms with Gasteiger partial charge in [-0.3, -0.25) is 0 Å². The van der Waals surface area contributed by atoms with Gasteiger partial charge in [0.2, 0.25) is 0 Å². The molecule has 17 heavy (non-hydrogen) atoms. The van der Waals surface area contributed by atoms with Crippen LogP contribution in [-0.4, -0.2) is 12.6 Å². The van der Waals surface area contributed by atoms with Crippen LogP contribution in [0.25, 0.3) is 5.70 Å². The molecular formula is C14H17NO2. The Morgan fingerprint density at radius 1 is 1.47 bits per heavy atom. The second-order valence-corrected chi connectivity index (χ2v) is 4.31. The molecule has 1 aliphatic carbocycles. The van der Waals surface area contributed by atoms with E-state index in [4.69, 9.17) is 10.5 Å². The standard InChI is InChI=1S/C14H17NO2/c1-3-17-14(16)12-9(2)8-10-6-4-5-7-11(10)13(12)15/h4-7,9H,3,8,15H2,1-2H3. The van der Waals surface area contributed by atoms with Crippen LogP contribution in [0.5, 0.6) is 0 Å². The van der Waals surface area contributed by atoms with Crippen molar-refractivity contribution in [2.24, 2.45) is 11.7 Å². The second kappa shape index (κ2) is 4.62. The number of esters is 1. The maximum absolute atomic E-state index is 11.9. The van der Waals surface area contributed by atoms with E-state index in [-0.39, 0.29) is 11.9 Å². The van der Waals surface area contributed by atoms with Gasteiger partial charge in [0, 0.05) is 11.3 Å². The second-order valence-electron chi connectivity index (χ2n) is 4.31. The van der Waals surface area contributed by atoms with Gasteiger partial charge in [0.25, 0.3) is 0 Å². The van der Waals surface area contributed by atoms with E-state index < -0.39 is 0 Å². The van der Waals surface area contributed by atoms with E-state index in [1.165, 1.54) is 5.56 Å². The normalized spacial score (nSPS) is 18.8. The Morgan fingerprint density at radius 3 is 2.88 bits per heavy atom. The highest BCUT2D eigenvalue weighted by Gasteiger charge is 2.28. The molecule has 1 aromatic rings. The first-order valence-electron chi connectivity index (χ1n) is 5.90. The van der Waals surface area contributed by atoms with Gasteiger partial charge in [-0.25, -0.2) is 4.79 Å². The van der Waals surface area contributed by atoms with Crippen molar-refractivity contribution in [3.8, 4) is 0 Å². The summed E-state index contributed by atoms with van der Waals surface area (Å²) in [7, 11) is 0. The third kappa shape index (κ3) is 2.05. The molecule has 0 aromatic heterocycles. The van der Waals surface area contributed by atoms with E-state index in [0.29, 0.717) is 17.9 Å². The minimum Gasteiger partial charge on any atom is -0.463 e. The minimum atomic E-state index is -0.285. The predicted octanol–water partition coefficient (Wildman–Crippen LogP) is 2.11. The number of fused-ring (bicyclic) bond motifs is 1. The van der Waals surface area contributed by atoms with E-state index >= 15 is 0 Å². The summed E-state index contributed by atoms with van der Waals surface area (Å²) in [6, 6.07) is 7.94. The first-order valence-corrected chi connectivity index (χ1v) is 5.90. The highest BCUT2D eigenvalue weighted by Crippen LogP contribution is 2.32. The summed E-state index contributed by atoms with van der Waals surface area (Å²) < 4.78 is 5.06. The molecule has 0 bridgehead atoms. The summed E-state index contributed by atoms with van der Waals surface area (Å²) in [6.07, 6.45) is 0.838. The smallest absolute Gasteiger partial charge is 0.336 e. The number of hydrogen-bond donors (Lipinski definition) is 1. The fourth-order valence-corrected chi connectivity index (χ4v) is 2.32. The Balaban J connectivity index is 2.47.